The zero-order valence-corrected chi connectivity index (χ0v) is 19.3. The molecule has 3 N–H and O–H groups in total. The summed E-state index contributed by atoms with van der Waals surface area (Å²) in [6.45, 7) is 5.86. The Balaban J connectivity index is 0.000000416. The lowest BCUT2D eigenvalue weighted by Crippen LogP contribution is -2.59. The van der Waals surface area contributed by atoms with Crippen molar-refractivity contribution >= 4 is 35.7 Å². The lowest BCUT2D eigenvalue weighted by atomic mass is 10.0. The predicted octanol–water partition coefficient (Wildman–Crippen LogP) is 3.53. The summed E-state index contributed by atoms with van der Waals surface area (Å²) in [6.07, 6.45) is 0.639. The fourth-order valence-corrected chi connectivity index (χ4v) is 4.33. The van der Waals surface area contributed by atoms with E-state index in [9.17, 15) is 14.0 Å². The van der Waals surface area contributed by atoms with Crippen LogP contribution >= 0.6 is 23.9 Å². The molecule has 0 aliphatic carbocycles. The number of nitrogens with one attached hydrogen (secondary N) is 1. The zero-order valence-electron chi connectivity index (χ0n) is 17.7. The lowest BCUT2D eigenvalue weighted by Gasteiger charge is -2.40. The Labute approximate surface area is 196 Å². The van der Waals surface area contributed by atoms with Crippen LogP contribution in [0, 0.1) is 11.7 Å². The molecular weight excluding hydrogens is 447 g/mol. The minimum absolute atomic E-state index is 0.0861. The van der Waals surface area contributed by atoms with Crippen LogP contribution in [0.2, 0.25) is 0 Å². The number of amides is 2. The van der Waals surface area contributed by atoms with Crippen LogP contribution in [0.5, 0.6) is 0 Å². The van der Waals surface area contributed by atoms with E-state index in [1.807, 2.05) is 41.3 Å². The molecule has 1 atom stereocenters. The predicted molar refractivity (Wildman–Crippen MR) is 128 cm³/mol. The zero-order chi connectivity index (χ0) is 22.9. The van der Waals surface area contributed by atoms with E-state index in [1.165, 1.54) is 24.1 Å². The number of carbonyl (C=O) groups excluding carboxylic acids is 2. The van der Waals surface area contributed by atoms with Crippen molar-refractivity contribution in [3.05, 3.63) is 78.0 Å². The number of nitrogens with zero attached hydrogens (tertiary/aromatic N) is 2. The molecule has 0 aromatic heterocycles. The Morgan fingerprint density at radius 1 is 1.09 bits per heavy atom. The average Bonchev–Trinajstić information content (AvgIpc) is 3.29. The van der Waals surface area contributed by atoms with Crippen LogP contribution in [-0.4, -0.2) is 53.8 Å². The smallest absolute Gasteiger partial charge is 0.253 e. The first-order valence-corrected chi connectivity index (χ1v) is 12.1. The number of hydrogen-bond donors (Lipinski definition) is 2. The third kappa shape index (κ3) is 6.35. The van der Waals surface area contributed by atoms with Gasteiger partial charge in [-0.1, -0.05) is 54.9 Å². The van der Waals surface area contributed by atoms with Gasteiger partial charge in [-0.3, -0.25) is 19.5 Å². The summed E-state index contributed by atoms with van der Waals surface area (Å²) in [7, 11) is 0. The van der Waals surface area contributed by atoms with E-state index < -0.39 is 5.82 Å². The number of nitrogens with two attached hydrogens (primary N) is 1. The van der Waals surface area contributed by atoms with Gasteiger partial charge < -0.3 is 9.80 Å². The highest BCUT2D eigenvalue weighted by Crippen LogP contribution is 2.25. The number of halogens is 1. The van der Waals surface area contributed by atoms with Gasteiger partial charge in [-0.2, -0.15) is 0 Å². The summed E-state index contributed by atoms with van der Waals surface area (Å²) in [5.74, 6) is -0.858. The second-order valence-corrected chi connectivity index (χ2v) is 8.98. The molecule has 2 fully saturated rings. The largest absolute Gasteiger partial charge is 0.339 e. The normalized spacial score (nSPS) is 17.9. The van der Waals surface area contributed by atoms with Crippen molar-refractivity contribution in [1.29, 1.82) is 0 Å². The van der Waals surface area contributed by atoms with Crippen molar-refractivity contribution in [2.75, 3.05) is 26.2 Å². The summed E-state index contributed by atoms with van der Waals surface area (Å²) < 4.78 is 17.0. The summed E-state index contributed by atoms with van der Waals surface area (Å²) in [5.41, 5.74) is 0.281. The van der Waals surface area contributed by atoms with Crippen LogP contribution in [-0.2, 0) is 4.79 Å². The maximum Gasteiger partial charge on any atom is 0.253 e. The SMILES string of the molecule is C=CSNC1CN(C(=O)C2CCN(C(=O)c3ccc(SN)c(F)c3)C2)C1.c1ccccc1. The fourth-order valence-electron chi connectivity index (χ4n) is 3.58. The number of hydrogen-bond acceptors (Lipinski definition) is 6. The molecule has 1 unspecified atom stereocenters. The van der Waals surface area contributed by atoms with Crippen LogP contribution in [0.15, 0.2) is 71.5 Å². The Morgan fingerprint density at radius 2 is 1.75 bits per heavy atom. The van der Waals surface area contributed by atoms with Crippen LogP contribution in [0.25, 0.3) is 0 Å². The number of carbonyl (C=O) groups is 2. The maximum atomic E-state index is 13.8. The first-order chi connectivity index (χ1) is 15.5. The van der Waals surface area contributed by atoms with Crippen molar-refractivity contribution < 1.29 is 14.0 Å². The third-order valence-electron chi connectivity index (χ3n) is 5.31. The molecule has 2 heterocycles. The van der Waals surface area contributed by atoms with Crippen LogP contribution in [0.3, 0.4) is 0 Å². The Hall–Kier alpha value is -2.33. The molecule has 0 spiro atoms. The summed E-state index contributed by atoms with van der Waals surface area (Å²) in [6, 6.07) is 16.6. The molecule has 4 rings (SSSR count). The lowest BCUT2D eigenvalue weighted by molar-refractivity contribution is -0.139. The maximum absolute atomic E-state index is 13.8. The van der Waals surface area contributed by atoms with E-state index >= 15 is 0 Å². The first-order valence-electron chi connectivity index (χ1n) is 10.3. The minimum atomic E-state index is -0.508. The van der Waals surface area contributed by atoms with E-state index in [-0.39, 0.29) is 29.3 Å². The highest BCUT2D eigenvalue weighted by Gasteiger charge is 2.38. The first kappa shape index (κ1) is 24.3. The number of benzene rings is 2. The third-order valence-corrected chi connectivity index (χ3v) is 6.53. The van der Waals surface area contributed by atoms with Crippen molar-refractivity contribution in [3.63, 3.8) is 0 Å². The highest BCUT2D eigenvalue weighted by molar-refractivity contribution is 8.00. The molecule has 2 saturated heterocycles. The molecule has 9 heteroatoms. The summed E-state index contributed by atoms with van der Waals surface area (Å²) >= 11 is 2.23. The van der Waals surface area contributed by atoms with E-state index in [1.54, 1.807) is 16.4 Å². The molecule has 2 amide bonds. The minimum Gasteiger partial charge on any atom is -0.339 e. The van der Waals surface area contributed by atoms with Gasteiger partial charge in [0.15, 0.2) is 0 Å². The second kappa shape index (κ2) is 12.1. The highest BCUT2D eigenvalue weighted by atomic mass is 32.2. The second-order valence-electron chi connectivity index (χ2n) is 7.50. The van der Waals surface area contributed by atoms with Gasteiger partial charge in [-0.05, 0) is 42.0 Å². The van der Waals surface area contributed by atoms with Crippen LogP contribution in [0.1, 0.15) is 16.8 Å². The van der Waals surface area contributed by atoms with Crippen molar-refractivity contribution in [3.8, 4) is 0 Å². The average molecular weight is 475 g/mol. The Morgan fingerprint density at radius 3 is 2.31 bits per heavy atom. The number of likely N-dealkylation sites (tertiary alicyclic amines) is 2. The van der Waals surface area contributed by atoms with E-state index in [4.69, 9.17) is 5.14 Å². The standard InChI is InChI=1S/C17H21FN4O2S2.C6H6/c1-2-25-20-13-9-22(10-13)17(24)12-5-6-21(8-12)16(23)11-3-4-15(26-19)14(18)7-11;1-2-4-6-5-3-1/h2-4,7,12-13,20H,1,5-6,8-10,19H2;1-6H. The molecule has 6 nitrogen and oxygen atoms in total. The Bertz CT molecular complexity index is 899. The summed E-state index contributed by atoms with van der Waals surface area (Å²) in [5, 5.41) is 7.08. The molecule has 0 saturated carbocycles. The molecule has 2 aliphatic heterocycles. The fraction of sp³-hybridized carbons (Fsp3) is 0.304. The number of rotatable bonds is 6. The van der Waals surface area contributed by atoms with Crippen molar-refractivity contribution in [2.24, 2.45) is 11.1 Å². The molecule has 0 radical (unpaired) electrons. The van der Waals surface area contributed by atoms with E-state index in [2.05, 4.69) is 11.3 Å². The van der Waals surface area contributed by atoms with E-state index in [0.717, 1.165) is 11.9 Å². The van der Waals surface area contributed by atoms with Crippen molar-refractivity contribution in [2.45, 2.75) is 17.4 Å². The summed E-state index contributed by atoms with van der Waals surface area (Å²) in [4.78, 5) is 28.8. The van der Waals surface area contributed by atoms with Crippen LogP contribution in [0.4, 0.5) is 4.39 Å². The van der Waals surface area contributed by atoms with Gasteiger partial charge in [-0.15, -0.1) is 0 Å². The molecule has 170 valence electrons. The van der Waals surface area contributed by atoms with Gasteiger partial charge in [-0.25, -0.2) is 4.39 Å². The molecule has 32 heavy (non-hydrogen) atoms. The van der Waals surface area contributed by atoms with Crippen LogP contribution < -0.4 is 9.86 Å². The van der Waals surface area contributed by atoms with Gasteiger partial charge in [0.1, 0.15) is 5.82 Å². The molecule has 2 aromatic carbocycles. The van der Waals surface area contributed by atoms with Gasteiger partial charge in [0.25, 0.3) is 5.91 Å². The molecule has 2 aliphatic rings. The quantitative estimate of drug-likeness (QED) is 0.624. The van der Waals surface area contributed by atoms with Gasteiger partial charge in [0, 0.05) is 31.7 Å². The molecular formula is C23H27FN4O2S2. The van der Waals surface area contributed by atoms with Crippen molar-refractivity contribution in [1.82, 2.24) is 14.5 Å². The van der Waals surface area contributed by atoms with Gasteiger partial charge >= 0.3 is 0 Å². The Kier molecular flexibility index (Phi) is 9.16. The van der Waals surface area contributed by atoms with E-state index in [0.29, 0.717) is 37.5 Å². The monoisotopic (exact) mass is 474 g/mol. The molecule has 0 bridgehead atoms. The topological polar surface area (TPSA) is 78.7 Å². The van der Waals surface area contributed by atoms with Gasteiger partial charge in [0.05, 0.1) is 16.9 Å². The molecule has 2 aromatic rings. The van der Waals surface area contributed by atoms with Gasteiger partial charge in [0.2, 0.25) is 5.91 Å².